The maximum absolute atomic E-state index is 14.4. The van der Waals surface area contributed by atoms with Gasteiger partial charge in [-0.25, -0.2) is 4.39 Å². The predicted molar refractivity (Wildman–Crippen MR) is 95.9 cm³/mol. The highest BCUT2D eigenvalue weighted by molar-refractivity contribution is 6.31. The van der Waals surface area contributed by atoms with Gasteiger partial charge in [0.25, 0.3) is 0 Å². The van der Waals surface area contributed by atoms with Crippen LogP contribution in [-0.4, -0.2) is 10.3 Å². The van der Waals surface area contributed by atoms with Crippen LogP contribution in [0, 0.1) is 5.82 Å². The topological polar surface area (TPSA) is 17.3 Å². The minimum Gasteiger partial charge on any atom is -0.318 e. The summed E-state index contributed by atoms with van der Waals surface area (Å²) in [4.78, 5) is 4.72. The molecule has 0 spiro atoms. The number of nitrogens with zero attached hydrogens (tertiary/aromatic N) is 2. The van der Waals surface area contributed by atoms with E-state index in [4.69, 9.17) is 16.6 Å². The molecule has 0 atom stereocenters. The molecule has 0 bridgehead atoms. The molecule has 0 amide bonds. The molecule has 0 saturated carbocycles. The summed E-state index contributed by atoms with van der Waals surface area (Å²) in [7, 11) is 0. The van der Waals surface area contributed by atoms with Gasteiger partial charge in [-0.15, -0.1) is 0 Å². The van der Waals surface area contributed by atoms with Crippen LogP contribution in [0.25, 0.3) is 5.69 Å². The minimum absolute atomic E-state index is 0.275. The number of benzene rings is 2. The van der Waals surface area contributed by atoms with Gasteiger partial charge < -0.3 is 4.57 Å². The Bertz CT molecular complexity index is 956. The van der Waals surface area contributed by atoms with Gasteiger partial charge in [-0.2, -0.15) is 0 Å². The Morgan fingerprint density at radius 1 is 1.12 bits per heavy atom. The molecule has 0 aliphatic carbocycles. The van der Waals surface area contributed by atoms with Gasteiger partial charge in [0.2, 0.25) is 0 Å². The molecule has 0 radical (unpaired) electrons. The third-order valence-corrected chi connectivity index (χ3v) is 4.60. The molecule has 0 unspecified atom stereocenters. The van der Waals surface area contributed by atoms with Gasteiger partial charge in [0.15, 0.2) is 0 Å². The van der Waals surface area contributed by atoms with E-state index in [1.165, 1.54) is 11.6 Å². The van der Waals surface area contributed by atoms with Crippen molar-refractivity contribution in [2.75, 3.05) is 0 Å². The number of hydrogen-bond donors (Lipinski definition) is 0. The lowest BCUT2D eigenvalue weighted by Crippen LogP contribution is -2.08. The molecule has 0 N–H and O–H groups in total. The van der Waals surface area contributed by atoms with Gasteiger partial charge in [-0.1, -0.05) is 30.7 Å². The summed E-state index contributed by atoms with van der Waals surface area (Å²) < 4.78 is 16.5. The van der Waals surface area contributed by atoms with Crippen LogP contribution in [-0.2, 0) is 13.0 Å². The summed E-state index contributed by atoms with van der Waals surface area (Å²) in [5, 5.41) is 0.615. The first-order valence-corrected chi connectivity index (χ1v) is 8.35. The number of rotatable bonds is 2. The number of aryl methyl sites for hydroxylation is 1. The van der Waals surface area contributed by atoms with E-state index in [0.717, 1.165) is 23.4 Å². The third kappa shape index (κ3) is 2.45. The highest BCUT2D eigenvalue weighted by Crippen LogP contribution is 2.29. The monoisotopic (exact) mass is 338 g/mol. The Balaban J connectivity index is 1.98. The molecule has 0 fully saturated rings. The van der Waals surface area contributed by atoms with Gasteiger partial charge in [0, 0.05) is 28.0 Å². The van der Waals surface area contributed by atoms with Crippen LogP contribution >= 0.6 is 11.6 Å². The van der Waals surface area contributed by atoms with Crippen molar-refractivity contribution in [1.29, 1.82) is 0 Å². The minimum atomic E-state index is -0.275. The molecule has 1 aromatic heterocycles. The smallest absolute Gasteiger partial charge is 0.132 e. The third-order valence-electron chi connectivity index (χ3n) is 4.37. The number of aliphatic imine (C=N–C) groups is 1. The zero-order chi connectivity index (χ0) is 16.7. The molecule has 1 aliphatic rings. The molecule has 120 valence electrons. The van der Waals surface area contributed by atoms with Crippen LogP contribution in [0.1, 0.15) is 29.3 Å². The van der Waals surface area contributed by atoms with Crippen molar-refractivity contribution in [1.82, 2.24) is 4.57 Å². The van der Waals surface area contributed by atoms with E-state index in [2.05, 4.69) is 23.8 Å². The van der Waals surface area contributed by atoms with Crippen molar-refractivity contribution in [2.24, 2.45) is 4.99 Å². The first-order valence-electron chi connectivity index (χ1n) is 7.97. The van der Waals surface area contributed by atoms with Crippen LogP contribution in [0.15, 0.2) is 59.7 Å². The highest BCUT2D eigenvalue weighted by atomic mass is 35.5. The summed E-state index contributed by atoms with van der Waals surface area (Å²) in [6.07, 6.45) is 3.09. The second-order valence-electron chi connectivity index (χ2n) is 5.87. The van der Waals surface area contributed by atoms with Crippen molar-refractivity contribution in [3.05, 3.63) is 88.0 Å². The molecule has 3 aromatic rings. The lowest BCUT2D eigenvalue weighted by molar-refractivity contribution is 0.625. The molecule has 4 heteroatoms. The van der Waals surface area contributed by atoms with Crippen molar-refractivity contribution in [3.8, 4) is 5.69 Å². The Morgan fingerprint density at radius 3 is 2.75 bits per heavy atom. The predicted octanol–water partition coefficient (Wildman–Crippen LogP) is 5.18. The van der Waals surface area contributed by atoms with E-state index in [-0.39, 0.29) is 5.82 Å². The first kappa shape index (κ1) is 15.2. The summed E-state index contributed by atoms with van der Waals surface area (Å²) in [5.41, 5.74) is 5.34. The fourth-order valence-corrected chi connectivity index (χ4v) is 3.32. The van der Waals surface area contributed by atoms with Crippen LogP contribution in [0.5, 0.6) is 0 Å². The summed E-state index contributed by atoms with van der Waals surface area (Å²) in [5.74, 6) is -0.275. The maximum Gasteiger partial charge on any atom is 0.132 e. The number of fused-ring (bicyclic) bond motifs is 3. The van der Waals surface area contributed by atoms with Crippen LogP contribution < -0.4 is 0 Å². The van der Waals surface area contributed by atoms with Gasteiger partial charge in [0.05, 0.1) is 17.9 Å². The van der Waals surface area contributed by atoms with Gasteiger partial charge in [-0.05, 0) is 48.4 Å². The van der Waals surface area contributed by atoms with Crippen molar-refractivity contribution in [2.45, 2.75) is 19.9 Å². The maximum atomic E-state index is 14.4. The van der Waals surface area contributed by atoms with E-state index in [1.54, 1.807) is 12.1 Å². The SMILES string of the molecule is CCc1cc2n(c1)-c1ccc(Cl)cc1C(c1ccccc1F)=NC2. The second-order valence-corrected chi connectivity index (χ2v) is 6.31. The zero-order valence-electron chi connectivity index (χ0n) is 13.3. The van der Waals surface area contributed by atoms with Gasteiger partial charge in [-0.3, -0.25) is 4.99 Å². The van der Waals surface area contributed by atoms with Crippen LogP contribution in [0.3, 0.4) is 0 Å². The normalized spacial score (nSPS) is 13.0. The molecule has 4 rings (SSSR count). The van der Waals surface area contributed by atoms with Gasteiger partial charge in [0.1, 0.15) is 5.82 Å². The average molecular weight is 339 g/mol. The Labute approximate surface area is 145 Å². The standard InChI is InChI=1S/C20H16ClFN2/c1-2-13-9-15-11-23-20(16-5-3-4-6-18(16)22)17-10-14(21)7-8-19(17)24(15)12-13/h3-10,12H,2,11H2,1H3. The largest absolute Gasteiger partial charge is 0.318 e. The average Bonchev–Trinajstić information content (AvgIpc) is 2.94. The van der Waals surface area contributed by atoms with E-state index in [9.17, 15) is 4.39 Å². The number of halogens is 2. The van der Waals surface area contributed by atoms with Gasteiger partial charge >= 0.3 is 0 Å². The zero-order valence-corrected chi connectivity index (χ0v) is 14.0. The Kier molecular flexibility index (Phi) is 3.73. The van der Waals surface area contributed by atoms with E-state index in [1.807, 2.05) is 24.3 Å². The quantitative estimate of drug-likeness (QED) is 0.612. The fourth-order valence-electron chi connectivity index (χ4n) is 3.15. The van der Waals surface area contributed by atoms with Crippen LogP contribution in [0.4, 0.5) is 4.39 Å². The molecule has 2 nitrogen and oxygen atoms in total. The fraction of sp³-hybridized carbons (Fsp3) is 0.150. The molecule has 1 aliphatic heterocycles. The second kappa shape index (κ2) is 5.91. The number of aromatic nitrogens is 1. The molecule has 2 heterocycles. The lowest BCUT2D eigenvalue weighted by atomic mass is 10.00. The molecule has 24 heavy (non-hydrogen) atoms. The number of hydrogen-bond acceptors (Lipinski definition) is 1. The summed E-state index contributed by atoms with van der Waals surface area (Å²) >= 11 is 6.22. The highest BCUT2D eigenvalue weighted by Gasteiger charge is 2.21. The van der Waals surface area contributed by atoms with Crippen molar-refractivity contribution >= 4 is 17.3 Å². The molecule has 0 saturated heterocycles. The van der Waals surface area contributed by atoms with Crippen molar-refractivity contribution in [3.63, 3.8) is 0 Å². The summed E-state index contributed by atoms with van der Waals surface area (Å²) in [6.45, 7) is 2.64. The van der Waals surface area contributed by atoms with Crippen LogP contribution in [0.2, 0.25) is 5.02 Å². The van der Waals surface area contributed by atoms with E-state index in [0.29, 0.717) is 22.8 Å². The van der Waals surface area contributed by atoms with E-state index < -0.39 is 0 Å². The Morgan fingerprint density at radius 2 is 1.96 bits per heavy atom. The summed E-state index contributed by atoms with van der Waals surface area (Å²) in [6, 6.07) is 14.6. The molecule has 2 aromatic carbocycles. The van der Waals surface area contributed by atoms with Crippen molar-refractivity contribution < 1.29 is 4.39 Å². The molecular formula is C20H16ClFN2. The first-order chi connectivity index (χ1) is 11.7. The molecular weight excluding hydrogens is 323 g/mol. The van der Waals surface area contributed by atoms with E-state index >= 15 is 0 Å². The lowest BCUT2D eigenvalue weighted by Gasteiger charge is -2.13. The Hall–Kier alpha value is -2.39.